The van der Waals surface area contributed by atoms with E-state index in [1.165, 1.54) is 5.56 Å². The Bertz CT molecular complexity index is 1720. The zero-order valence-corrected chi connectivity index (χ0v) is 25.3. The Morgan fingerprint density at radius 2 is 1.50 bits per heavy atom. The molecule has 44 heavy (non-hydrogen) atoms. The summed E-state index contributed by atoms with van der Waals surface area (Å²) < 4.78 is 18.8. The summed E-state index contributed by atoms with van der Waals surface area (Å²) in [6.45, 7) is 1.41. The number of aromatic hydroxyl groups is 2. The van der Waals surface area contributed by atoms with Gasteiger partial charge in [0.1, 0.15) is 5.75 Å². The van der Waals surface area contributed by atoms with Crippen molar-refractivity contribution in [3.05, 3.63) is 99.6 Å². The van der Waals surface area contributed by atoms with Crippen molar-refractivity contribution in [2.24, 2.45) is 0 Å². The number of methoxy groups -OCH3 is 1. The molecular formula is C36H38N2O6. The van der Waals surface area contributed by atoms with Gasteiger partial charge in [-0.15, -0.1) is 0 Å². The van der Waals surface area contributed by atoms with Crippen LogP contribution in [-0.2, 0) is 32.3 Å². The van der Waals surface area contributed by atoms with Gasteiger partial charge in [-0.3, -0.25) is 9.80 Å². The minimum absolute atomic E-state index is 0.0661. The Labute approximate surface area is 257 Å². The number of phenols is 2. The summed E-state index contributed by atoms with van der Waals surface area (Å²) in [5, 5.41) is 32.4. The van der Waals surface area contributed by atoms with Gasteiger partial charge in [0, 0.05) is 36.3 Å². The lowest BCUT2D eigenvalue weighted by Crippen LogP contribution is -2.34. The first-order valence-corrected chi connectivity index (χ1v) is 15.2. The van der Waals surface area contributed by atoms with Crippen LogP contribution in [0.5, 0.6) is 40.2 Å². The highest BCUT2D eigenvalue weighted by atomic mass is 16.5. The molecule has 0 fully saturated rings. The monoisotopic (exact) mass is 594 g/mol. The van der Waals surface area contributed by atoms with E-state index in [0.29, 0.717) is 40.7 Å². The number of fused-ring (bicyclic) bond motifs is 2. The van der Waals surface area contributed by atoms with Crippen LogP contribution in [0, 0.1) is 0 Å². The van der Waals surface area contributed by atoms with Crippen molar-refractivity contribution in [1.82, 2.24) is 9.80 Å². The number of ether oxygens (including phenoxy) is 3. The lowest BCUT2D eigenvalue weighted by molar-refractivity contribution is 0.220. The first-order valence-electron chi connectivity index (χ1n) is 15.2. The van der Waals surface area contributed by atoms with Crippen LogP contribution in [0.3, 0.4) is 0 Å². The van der Waals surface area contributed by atoms with Gasteiger partial charge in [-0.25, -0.2) is 0 Å². The Kier molecular flexibility index (Phi) is 7.36. The number of nitrogens with zero attached hydrogens (tertiary/aromatic N) is 2. The molecule has 2 atom stereocenters. The highest BCUT2D eigenvalue weighted by Crippen LogP contribution is 2.49. The Morgan fingerprint density at radius 1 is 0.795 bits per heavy atom. The van der Waals surface area contributed by atoms with Gasteiger partial charge in [-0.05, 0) is 110 Å². The molecule has 0 aromatic heterocycles. The minimum Gasteiger partial charge on any atom is -0.504 e. The zero-order valence-electron chi connectivity index (χ0n) is 25.3. The number of aliphatic hydroxyl groups is 1. The molecule has 8 heteroatoms. The number of benzene rings is 4. The molecule has 8 nitrogen and oxygen atoms in total. The summed E-state index contributed by atoms with van der Waals surface area (Å²) in [6.07, 6.45) is 3.01. The molecule has 8 rings (SSSR count). The lowest BCUT2D eigenvalue weighted by Gasteiger charge is -2.37. The highest BCUT2D eigenvalue weighted by molar-refractivity contribution is 5.61. The van der Waals surface area contributed by atoms with Crippen LogP contribution in [0.15, 0.2) is 60.7 Å². The predicted molar refractivity (Wildman–Crippen MR) is 167 cm³/mol. The van der Waals surface area contributed by atoms with Crippen LogP contribution >= 0.6 is 0 Å². The van der Waals surface area contributed by atoms with E-state index >= 15 is 0 Å². The van der Waals surface area contributed by atoms with Gasteiger partial charge in [0.15, 0.2) is 34.5 Å². The summed E-state index contributed by atoms with van der Waals surface area (Å²) in [4.78, 5) is 4.62. The zero-order chi connectivity index (χ0) is 30.5. The lowest BCUT2D eigenvalue weighted by atomic mass is 9.86. The molecule has 0 radical (unpaired) electrons. The topological polar surface area (TPSA) is 94.9 Å². The first kappa shape index (κ1) is 28.5. The summed E-state index contributed by atoms with van der Waals surface area (Å²) in [6, 6.07) is 19.5. The number of hydrogen-bond acceptors (Lipinski definition) is 8. The molecular weight excluding hydrogens is 556 g/mol. The third kappa shape index (κ3) is 5.03. The van der Waals surface area contributed by atoms with Crippen LogP contribution in [0.4, 0.5) is 0 Å². The van der Waals surface area contributed by atoms with Crippen molar-refractivity contribution >= 4 is 0 Å². The van der Waals surface area contributed by atoms with E-state index in [2.05, 4.69) is 48.2 Å². The number of hydrogen-bond donors (Lipinski definition) is 3. The van der Waals surface area contributed by atoms with Gasteiger partial charge in [0.25, 0.3) is 0 Å². The van der Waals surface area contributed by atoms with Gasteiger partial charge in [-0.2, -0.15) is 0 Å². The molecule has 4 aliphatic heterocycles. The normalized spacial score (nSPS) is 19.7. The standard InChI is InChI=1S/C36H38N2O6/c1-37-12-10-23-18-32(42-3)33-19-27(23)28(37)14-21-4-7-26(8-5-21)43-31-16-22(6-9-30(31)40)15-29-34-24(11-13-38(29)2)17-25(20-39)35(41)36(34)44-33/h4-9,16-19,28-29,39-41H,10-15,20H2,1-3H3. The van der Waals surface area contributed by atoms with Crippen LogP contribution < -0.4 is 14.2 Å². The molecule has 0 saturated carbocycles. The fourth-order valence-electron chi connectivity index (χ4n) is 6.99. The molecule has 2 unspecified atom stereocenters. The van der Waals surface area contributed by atoms with Gasteiger partial charge in [0.05, 0.1) is 13.7 Å². The van der Waals surface area contributed by atoms with Crippen LogP contribution in [0.1, 0.15) is 51.0 Å². The SMILES string of the molecule is COc1cc2c3cc1Oc1c(O)c(CO)cc4c1C(Cc1ccc(O)c(c1)Oc1ccc(cc1)CC3N(C)CC2)N(C)CC4. The van der Waals surface area contributed by atoms with E-state index in [9.17, 15) is 15.3 Å². The molecule has 0 spiro atoms. The maximum absolute atomic E-state index is 11.6. The Hall–Kier alpha value is -4.24. The van der Waals surface area contributed by atoms with E-state index in [0.717, 1.165) is 60.2 Å². The average Bonchev–Trinajstić information content (AvgIpc) is 3.03. The third-order valence-electron chi connectivity index (χ3n) is 9.52. The molecule has 0 aliphatic carbocycles. The minimum atomic E-state index is -0.304. The molecule has 4 heterocycles. The van der Waals surface area contributed by atoms with Crippen molar-refractivity contribution < 1.29 is 29.5 Å². The molecule has 3 N–H and O–H groups in total. The summed E-state index contributed by atoms with van der Waals surface area (Å²) in [5.41, 5.74) is 6.85. The molecule has 4 aromatic carbocycles. The fraction of sp³-hybridized carbons (Fsp3) is 0.333. The average molecular weight is 595 g/mol. The van der Waals surface area contributed by atoms with Crippen molar-refractivity contribution in [3.63, 3.8) is 0 Å². The summed E-state index contributed by atoms with van der Waals surface area (Å²) in [7, 11) is 5.85. The summed E-state index contributed by atoms with van der Waals surface area (Å²) in [5.74, 6) is 2.53. The van der Waals surface area contributed by atoms with Crippen molar-refractivity contribution in [1.29, 1.82) is 0 Å². The molecule has 0 saturated heterocycles. The van der Waals surface area contributed by atoms with Crippen molar-refractivity contribution in [2.45, 2.75) is 44.4 Å². The third-order valence-corrected chi connectivity index (χ3v) is 9.52. The first-order chi connectivity index (χ1) is 21.3. The van der Waals surface area contributed by atoms with Gasteiger partial charge < -0.3 is 29.5 Å². The van der Waals surface area contributed by atoms with Crippen molar-refractivity contribution in [3.8, 4) is 40.2 Å². The van der Waals surface area contributed by atoms with E-state index in [-0.39, 0.29) is 30.2 Å². The second kappa shape index (κ2) is 11.4. The molecule has 228 valence electrons. The molecule has 0 amide bonds. The largest absolute Gasteiger partial charge is 0.504 e. The maximum atomic E-state index is 11.6. The fourth-order valence-corrected chi connectivity index (χ4v) is 6.99. The molecule has 4 aromatic rings. The number of aliphatic hydroxyl groups excluding tert-OH is 1. The highest BCUT2D eigenvalue weighted by Gasteiger charge is 2.34. The van der Waals surface area contributed by atoms with E-state index in [1.54, 1.807) is 13.2 Å². The smallest absolute Gasteiger partial charge is 0.174 e. The number of rotatable bonds is 2. The van der Waals surface area contributed by atoms with E-state index in [1.807, 2.05) is 30.3 Å². The quantitative estimate of drug-likeness (QED) is 0.259. The predicted octanol–water partition coefficient (Wildman–Crippen LogP) is 6.04. The van der Waals surface area contributed by atoms with Gasteiger partial charge >= 0.3 is 0 Å². The number of phenolic OH excluding ortho intramolecular Hbond substituents is 1. The Morgan fingerprint density at radius 3 is 2.25 bits per heavy atom. The summed E-state index contributed by atoms with van der Waals surface area (Å²) >= 11 is 0. The van der Waals surface area contributed by atoms with Gasteiger partial charge in [0.2, 0.25) is 0 Å². The van der Waals surface area contributed by atoms with Crippen LogP contribution in [0.25, 0.3) is 0 Å². The van der Waals surface area contributed by atoms with Gasteiger partial charge in [-0.1, -0.05) is 18.2 Å². The Balaban J connectivity index is 1.45. The molecule has 6 bridgehead atoms. The number of likely N-dealkylation sites (N-methyl/N-ethyl adjacent to an activating group) is 2. The van der Waals surface area contributed by atoms with Crippen LogP contribution in [0.2, 0.25) is 0 Å². The molecule has 4 aliphatic rings. The van der Waals surface area contributed by atoms with E-state index < -0.39 is 0 Å². The second-order valence-electron chi connectivity index (χ2n) is 12.2. The van der Waals surface area contributed by atoms with Crippen molar-refractivity contribution in [2.75, 3.05) is 34.3 Å². The second-order valence-corrected chi connectivity index (χ2v) is 12.2. The maximum Gasteiger partial charge on any atom is 0.174 e. The van der Waals surface area contributed by atoms with Crippen LogP contribution in [-0.4, -0.2) is 59.4 Å². The van der Waals surface area contributed by atoms with E-state index in [4.69, 9.17) is 14.2 Å².